The Kier molecular flexibility index (Phi) is 12.0. The number of benzene rings is 2. The van der Waals surface area contributed by atoms with Gasteiger partial charge in [0.05, 0.1) is 12.1 Å². The maximum absolute atomic E-state index is 12.5. The SMILES string of the molecule is C=C(C)C1CCCC(CCc2cccc(/C=C/C(=N)c3cc(NC(=O)Cc4cccs4)c(C)cc3N)c2)C1.CC.[HH].[HH].[HH]. The van der Waals surface area contributed by atoms with Gasteiger partial charge >= 0.3 is 0 Å². The number of thiophene rings is 1. The quantitative estimate of drug-likeness (QED) is 0.131. The van der Waals surface area contributed by atoms with E-state index in [9.17, 15) is 4.79 Å². The molecule has 4 rings (SSSR count). The Morgan fingerprint density at radius 1 is 1.20 bits per heavy atom. The van der Waals surface area contributed by atoms with Gasteiger partial charge in [0, 0.05) is 26.1 Å². The molecule has 40 heavy (non-hydrogen) atoms. The van der Waals surface area contributed by atoms with Crippen LogP contribution in [0, 0.1) is 24.2 Å². The first-order chi connectivity index (χ1) is 19.3. The molecule has 3 aromatic rings. The molecule has 0 spiro atoms. The van der Waals surface area contributed by atoms with Crippen LogP contribution in [0.4, 0.5) is 11.4 Å². The summed E-state index contributed by atoms with van der Waals surface area (Å²) >= 11 is 1.57. The number of aryl methyl sites for hydroxylation is 2. The van der Waals surface area contributed by atoms with Crippen molar-refractivity contribution in [1.29, 1.82) is 5.41 Å². The number of hydrogen-bond acceptors (Lipinski definition) is 4. The number of nitrogens with one attached hydrogen (secondary N) is 2. The predicted molar refractivity (Wildman–Crippen MR) is 181 cm³/mol. The summed E-state index contributed by atoms with van der Waals surface area (Å²) < 4.78 is 0. The minimum absolute atomic E-state index is 0. The number of allylic oxidation sites excluding steroid dienone is 2. The van der Waals surface area contributed by atoms with E-state index in [-0.39, 0.29) is 10.2 Å². The molecular weight excluding hydrogens is 510 g/mol. The van der Waals surface area contributed by atoms with Gasteiger partial charge in [-0.1, -0.05) is 75.2 Å². The van der Waals surface area contributed by atoms with Gasteiger partial charge < -0.3 is 16.5 Å². The second kappa shape index (κ2) is 15.4. The lowest BCUT2D eigenvalue weighted by molar-refractivity contribution is -0.115. The van der Waals surface area contributed by atoms with E-state index < -0.39 is 0 Å². The molecule has 218 valence electrons. The normalized spacial score (nSPS) is 16.7. The van der Waals surface area contributed by atoms with Gasteiger partial charge in [0.15, 0.2) is 0 Å². The molecule has 2 unspecified atom stereocenters. The Labute approximate surface area is 249 Å². The number of anilines is 2. The Hall–Kier alpha value is -3.44. The zero-order valence-electron chi connectivity index (χ0n) is 24.6. The van der Waals surface area contributed by atoms with Crippen molar-refractivity contribution < 1.29 is 9.07 Å². The monoisotopic (exact) mass is 561 g/mol. The molecule has 5 heteroatoms. The lowest BCUT2D eigenvalue weighted by Gasteiger charge is -2.29. The van der Waals surface area contributed by atoms with Gasteiger partial charge in [-0.05, 0) is 97.7 Å². The molecule has 4 N–H and O–H groups in total. The van der Waals surface area contributed by atoms with E-state index in [1.165, 1.54) is 43.2 Å². The highest BCUT2D eigenvalue weighted by molar-refractivity contribution is 7.10. The third-order valence-corrected chi connectivity index (χ3v) is 8.47. The fourth-order valence-electron chi connectivity index (χ4n) is 5.36. The van der Waals surface area contributed by atoms with Gasteiger partial charge in [-0.25, -0.2) is 0 Å². The summed E-state index contributed by atoms with van der Waals surface area (Å²) in [7, 11) is 0. The minimum atomic E-state index is -0.0754. The number of nitrogen functional groups attached to an aromatic ring is 1. The minimum Gasteiger partial charge on any atom is -0.398 e. The van der Waals surface area contributed by atoms with Crippen molar-refractivity contribution >= 4 is 40.4 Å². The average molecular weight is 562 g/mol. The Balaban J connectivity index is 0.00000345. The van der Waals surface area contributed by atoms with Crippen molar-refractivity contribution in [1.82, 2.24) is 0 Å². The largest absolute Gasteiger partial charge is 0.398 e. The molecular formula is C35H51N3OS. The lowest BCUT2D eigenvalue weighted by atomic mass is 9.76. The molecule has 0 bridgehead atoms. The summed E-state index contributed by atoms with van der Waals surface area (Å²) in [4.78, 5) is 13.6. The van der Waals surface area contributed by atoms with Crippen LogP contribution in [-0.4, -0.2) is 11.6 Å². The van der Waals surface area contributed by atoms with Gasteiger partial charge in [-0.3, -0.25) is 4.79 Å². The molecule has 4 nitrogen and oxygen atoms in total. The third kappa shape index (κ3) is 9.06. The van der Waals surface area contributed by atoms with Gasteiger partial charge in [0.1, 0.15) is 0 Å². The molecule has 2 aromatic carbocycles. The number of amides is 1. The van der Waals surface area contributed by atoms with E-state index in [1.807, 2.05) is 56.5 Å². The molecule has 1 aliphatic carbocycles. The number of carbonyl (C=O) groups excluding carboxylic acids is 1. The van der Waals surface area contributed by atoms with Crippen molar-refractivity contribution in [3.05, 3.63) is 99.3 Å². The van der Waals surface area contributed by atoms with Crippen molar-refractivity contribution in [2.75, 3.05) is 11.1 Å². The van der Waals surface area contributed by atoms with Gasteiger partial charge in [-0.2, -0.15) is 0 Å². The highest BCUT2D eigenvalue weighted by Crippen LogP contribution is 2.35. The van der Waals surface area contributed by atoms with Crippen molar-refractivity contribution in [2.24, 2.45) is 11.8 Å². The van der Waals surface area contributed by atoms with Crippen LogP contribution < -0.4 is 11.1 Å². The van der Waals surface area contributed by atoms with E-state index in [0.717, 1.165) is 28.3 Å². The van der Waals surface area contributed by atoms with Crippen LogP contribution in [0.5, 0.6) is 0 Å². The van der Waals surface area contributed by atoms with E-state index >= 15 is 0 Å². The second-order valence-electron chi connectivity index (χ2n) is 10.7. The van der Waals surface area contributed by atoms with Gasteiger partial charge in [0.2, 0.25) is 5.91 Å². The Morgan fingerprint density at radius 3 is 2.73 bits per heavy atom. The van der Waals surface area contributed by atoms with Crippen molar-refractivity contribution in [3.63, 3.8) is 0 Å². The molecule has 2 atom stereocenters. The molecule has 1 amide bonds. The molecule has 1 saturated carbocycles. The fraction of sp³-hybridized carbons (Fsp3) is 0.371. The predicted octanol–water partition coefficient (Wildman–Crippen LogP) is 9.98. The first-order valence-electron chi connectivity index (χ1n) is 14.5. The van der Waals surface area contributed by atoms with Crippen molar-refractivity contribution in [3.8, 4) is 0 Å². The number of hydrogen-bond donors (Lipinski definition) is 3. The first kappa shape index (κ1) is 31.1. The fourth-order valence-corrected chi connectivity index (χ4v) is 6.06. The maximum Gasteiger partial charge on any atom is 0.229 e. The Morgan fingerprint density at radius 2 is 2.00 bits per heavy atom. The molecule has 0 radical (unpaired) electrons. The summed E-state index contributed by atoms with van der Waals surface area (Å²) in [5.74, 6) is 1.40. The van der Waals surface area contributed by atoms with Crippen LogP contribution in [0.25, 0.3) is 6.08 Å². The molecule has 1 aliphatic rings. The van der Waals surface area contributed by atoms with Crippen molar-refractivity contribution in [2.45, 2.75) is 72.6 Å². The van der Waals surface area contributed by atoms with E-state index in [1.54, 1.807) is 17.4 Å². The van der Waals surface area contributed by atoms with E-state index in [4.69, 9.17) is 11.1 Å². The van der Waals surface area contributed by atoms with E-state index in [0.29, 0.717) is 35.0 Å². The third-order valence-electron chi connectivity index (χ3n) is 7.59. The van der Waals surface area contributed by atoms with Crippen LogP contribution in [-0.2, 0) is 17.6 Å². The highest BCUT2D eigenvalue weighted by atomic mass is 32.1. The van der Waals surface area contributed by atoms with Gasteiger partial charge in [-0.15, -0.1) is 11.3 Å². The standard InChI is InChI=1S/C33H39N3OS.C2H6.3H2/c1-22(2)27-10-5-9-26(19-27)13-12-24-7-4-8-25(18-24)14-15-30(34)29-21-32(23(3)17-31(29)35)36-33(37)20-28-11-6-16-38-28;1-2;;;/h4,6-8,11,14-18,21,26-27,34H,1,5,9-10,12-13,19-20,35H2,2-3H3,(H,36,37);1-2H3;3*1H/b15-14+,34-30?;;;;. The average Bonchev–Trinajstić information content (AvgIpc) is 3.46. The van der Waals surface area contributed by atoms with Crippen LogP contribution >= 0.6 is 11.3 Å². The van der Waals surface area contributed by atoms with E-state index in [2.05, 4.69) is 43.1 Å². The summed E-state index contributed by atoms with van der Waals surface area (Å²) in [6.45, 7) is 12.3. The lowest BCUT2D eigenvalue weighted by Crippen LogP contribution is -2.16. The summed E-state index contributed by atoms with van der Waals surface area (Å²) in [6, 6.07) is 16.1. The summed E-state index contributed by atoms with van der Waals surface area (Å²) in [5.41, 5.74) is 13.0. The summed E-state index contributed by atoms with van der Waals surface area (Å²) in [6.07, 6.45) is 11.6. The van der Waals surface area contributed by atoms with Crippen LogP contribution in [0.1, 0.15) is 84.3 Å². The molecule has 1 fully saturated rings. The maximum atomic E-state index is 12.5. The Bertz CT molecular complexity index is 1340. The number of carbonyl (C=O) groups is 1. The van der Waals surface area contributed by atoms with Crippen LogP contribution in [0.2, 0.25) is 0 Å². The topological polar surface area (TPSA) is 79.0 Å². The van der Waals surface area contributed by atoms with Gasteiger partial charge in [0.25, 0.3) is 0 Å². The number of rotatable bonds is 10. The zero-order chi connectivity index (χ0) is 29.1. The molecule has 1 heterocycles. The number of nitrogens with two attached hydrogens (primary N) is 1. The first-order valence-corrected chi connectivity index (χ1v) is 15.4. The second-order valence-corrected chi connectivity index (χ2v) is 11.7. The smallest absolute Gasteiger partial charge is 0.229 e. The molecule has 0 aliphatic heterocycles. The summed E-state index contributed by atoms with van der Waals surface area (Å²) in [5, 5.41) is 13.6. The highest BCUT2D eigenvalue weighted by Gasteiger charge is 2.22. The molecule has 1 aromatic heterocycles. The van der Waals surface area contributed by atoms with Crippen LogP contribution in [0.15, 0.2) is 72.1 Å². The molecule has 0 saturated heterocycles. The van der Waals surface area contributed by atoms with Crippen LogP contribution in [0.3, 0.4) is 0 Å². The zero-order valence-corrected chi connectivity index (χ0v) is 25.4.